The molecule has 0 radical (unpaired) electrons. The number of hydrogen-bond donors (Lipinski definition) is 2. The molecule has 0 aliphatic heterocycles. The predicted molar refractivity (Wildman–Crippen MR) is 89.8 cm³/mol. The summed E-state index contributed by atoms with van der Waals surface area (Å²) in [4.78, 5) is 0.131. The Morgan fingerprint density at radius 1 is 1.29 bits per heavy atom. The van der Waals surface area contributed by atoms with Crippen molar-refractivity contribution in [2.75, 3.05) is 5.32 Å². The second-order valence-electron chi connectivity index (χ2n) is 5.81. The van der Waals surface area contributed by atoms with Gasteiger partial charge < -0.3 is 5.32 Å². The molecule has 2 rings (SSSR count). The summed E-state index contributed by atoms with van der Waals surface area (Å²) in [7, 11) is -3.65. The zero-order chi connectivity index (χ0) is 15.5. The van der Waals surface area contributed by atoms with Crippen LogP contribution in [0.15, 0.2) is 27.6 Å². The average molecular weight is 375 g/mol. The van der Waals surface area contributed by atoms with Gasteiger partial charge in [-0.15, -0.1) is 0 Å². The standard InChI is InChI=1S/C15H23BrN2O2S/c1-2-11-4-3-5-12(7-6-11)18-15-9-8-13(10-14(15)16)21(17,19)20/h8-12,18H,2-7H2,1H3,(H2,17,19,20). The molecule has 1 aromatic rings. The summed E-state index contributed by atoms with van der Waals surface area (Å²) >= 11 is 3.43. The first-order valence-electron chi connectivity index (χ1n) is 7.49. The van der Waals surface area contributed by atoms with Crippen molar-refractivity contribution in [1.82, 2.24) is 0 Å². The Bertz CT molecular complexity index is 589. The van der Waals surface area contributed by atoms with E-state index in [0.717, 1.165) is 16.1 Å². The molecule has 2 unspecified atom stereocenters. The first-order chi connectivity index (χ1) is 9.90. The molecule has 3 N–H and O–H groups in total. The zero-order valence-corrected chi connectivity index (χ0v) is 14.7. The molecule has 4 nitrogen and oxygen atoms in total. The van der Waals surface area contributed by atoms with Crippen LogP contribution in [-0.2, 0) is 10.0 Å². The van der Waals surface area contributed by atoms with Gasteiger partial charge in [0.05, 0.1) is 4.90 Å². The maximum atomic E-state index is 11.3. The molecule has 2 atom stereocenters. The summed E-state index contributed by atoms with van der Waals surface area (Å²) in [6, 6.07) is 5.35. The lowest BCUT2D eigenvalue weighted by atomic mass is 9.98. The molecular formula is C15H23BrN2O2S. The first-order valence-corrected chi connectivity index (χ1v) is 9.83. The Balaban J connectivity index is 2.06. The van der Waals surface area contributed by atoms with Crippen LogP contribution in [0.1, 0.15) is 45.4 Å². The molecule has 1 fully saturated rings. The lowest BCUT2D eigenvalue weighted by Crippen LogP contribution is -2.19. The number of sulfonamides is 1. The van der Waals surface area contributed by atoms with E-state index in [1.807, 2.05) is 0 Å². The number of rotatable bonds is 4. The molecule has 0 heterocycles. The molecule has 21 heavy (non-hydrogen) atoms. The quantitative estimate of drug-likeness (QED) is 0.785. The highest BCUT2D eigenvalue weighted by molar-refractivity contribution is 9.10. The van der Waals surface area contributed by atoms with Crippen molar-refractivity contribution in [2.24, 2.45) is 11.1 Å². The summed E-state index contributed by atoms with van der Waals surface area (Å²) in [6.07, 6.45) is 7.44. The van der Waals surface area contributed by atoms with Crippen LogP contribution in [0.25, 0.3) is 0 Å². The Morgan fingerprint density at radius 3 is 2.67 bits per heavy atom. The smallest absolute Gasteiger partial charge is 0.238 e. The highest BCUT2D eigenvalue weighted by Gasteiger charge is 2.18. The van der Waals surface area contributed by atoms with Crippen LogP contribution < -0.4 is 10.5 Å². The van der Waals surface area contributed by atoms with E-state index in [9.17, 15) is 8.42 Å². The third kappa shape index (κ3) is 4.69. The van der Waals surface area contributed by atoms with Crippen molar-refractivity contribution in [1.29, 1.82) is 0 Å². The van der Waals surface area contributed by atoms with E-state index in [4.69, 9.17) is 5.14 Å². The number of nitrogens with two attached hydrogens (primary N) is 1. The normalized spacial score (nSPS) is 23.6. The summed E-state index contributed by atoms with van der Waals surface area (Å²) in [5.74, 6) is 0.852. The van der Waals surface area contributed by atoms with E-state index in [1.54, 1.807) is 18.2 Å². The predicted octanol–water partition coefficient (Wildman–Crippen LogP) is 3.87. The Hall–Kier alpha value is -0.590. The number of benzene rings is 1. The molecule has 0 amide bonds. The maximum Gasteiger partial charge on any atom is 0.238 e. The van der Waals surface area contributed by atoms with Gasteiger partial charge in [0.15, 0.2) is 0 Å². The van der Waals surface area contributed by atoms with E-state index in [1.165, 1.54) is 38.5 Å². The minimum Gasteiger partial charge on any atom is -0.381 e. The van der Waals surface area contributed by atoms with Crippen molar-refractivity contribution in [3.63, 3.8) is 0 Å². The van der Waals surface area contributed by atoms with Gasteiger partial charge in [0, 0.05) is 16.2 Å². The molecule has 1 aromatic carbocycles. The van der Waals surface area contributed by atoms with Gasteiger partial charge in [0.1, 0.15) is 0 Å². The largest absolute Gasteiger partial charge is 0.381 e. The van der Waals surface area contributed by atoms with Crippen molar-refractivity contribution in [3.05, 3.63) is 22.7 Å². The molecule has 0 spiro atoms. The molecular weight excluding hydrogens is 352 g/mol. The second-order valence-corrected chi connectivity index (χ2v) is 8.23. The van der Waals surface area contributed by atoms with Gasteiger partial charge in [-0.3, -0.25) is 0 Å². The maximum absolute atomic E-state index is 11.3. The number of hydrogen-bond acceptors (Lipinski definition) is 3. The molecule has 118 valence electrons. The fraction of sp³-hybridized carbons (Fsp3) is 0.600. The van der Waals surface area contributed by atoms with Crippen LogP contribution in [-0.4, -0.2) is 14.5 Å². The van der Waals surface area contributed by atoms with Crippen LogP contribution in [0.4, 0.5) is 5.69 Å². The van der Waals surface area contributed by atoms with Crippen molar-refractivity contribution in [3.8, 4) is 0 Å². The molecule has 0 saturated heterocycles. The first kappa shape index (κ1) is 16.8. The van der Waals surface area contributed by atoms with E-state index < -0.39 is 10.0 Å². The van der Waals surface area contributed by atoms with E-state index in [0.29, 0.717) is 6.04 Å². The van der Waals surface area contributed by atoms with Gasteiger partial charge in [0.2, 0.25) is 10.0 Å². The molecule has 1 aliphatic carbocycles. The summed E-state index contributed by atoms with van der Waals surface area (Å²) < 4.78 is 23.4. The summed E-state index contributed by atoms with van der Waals surface area (Å²) in [5, 5.41) is 8.67. The molecule has 6 heteroatoms. The lowest BCUT2D eigenvalue weighted by molar-refractivity contribution is 0.444. The molecule has 0 aromatic heterocycles. The van der Waals surface area contributed by atoms with Gasteiger partial charge >= 0.3 is 0 Å². The minimum atomic E-state index is -3.65. The van der Waals surface area contributed by atoms with Gasteiger partial charge in [0.25, 0.3) is 0 Å². The lowest BCUT2D eigenvalue weighted by Gasteiger charge is -2.19. The Labute approximate surface area is 135 Å². The fourth-order valence-corrected chi connectivity index (χ4v) is 4.13. The third-order valence-corrected chi connectivity index (χ3v) is 5.86. The van der Waals surface area contributed by atoms with E-state index in [2.05, 4.69) is 28.2 Å². The van der Waals surface area contributed by atoms with Gasteiger partial charge in [-0.25, -0.2) is 13.6 Å². The Morgan fingerprint density at radius 2 is 2.05 bits per heavy atom. The number of anilines is 1. The average Bonchev–Trinajstić information content (AvgIpc) is 2.65. The number of halogens is 1. The van der Waals surface area contributed by atoms with Crippen LogP contribution in [0.2, 0.25) is 0 Å². The fourth-order valence-electron chi connectivity index (χ4n) is 2.94. The van der Waals surface area contributed by atoms with E-state index in [-0.39, 0.29) is 4.90 Å². The number of nitrogens with one attached hydrogen (secondary N) is 1. The number of primary sulfonamides is 1. The van der Waals surface area contributed by atoms with Crippen LogP contribution >= 0.6 is 15.9 Å². The second kappa shape index (κ2) is 7.11. The topological polar surface area (TPSA) is 72.2 Å². The monoisotopic (exact) mass is 374 g/mol. The third-order valence-electron chi connectivity index (χ3n) is 4.29. The van der Waals surface area contributed by atoms with Crippen molar-refractivity contribution >= 4 is 31.6 Å². The van der Waals surface area contributed by atoms with Crippen LogP contribution in [0.3, 0.4) is 0 Å². The van der Waals surface area contributed by atoms with Crippen molar-refractivity contribution in [2.45, 2.75) is 56.4 Å². The SMILES string of the molecule is CCC1CCCC(Nc2ccc(S(N)(=O)=O)cc2Br)CC1. The van der Waals surface area contributed by atoms with Gasteiger partial charge in [-0.2, -0.15) is 0 Å². The molecule has 0 bridgehead atoms. The van der Waals surface area contributed by atoms with Crippen LogP contribution in [0.5, 0.6) is 0 Å². The van der Waals surface area contributed by atoms with E-state index >= 15 is 0 Å². The highest BCUT2D eigenvalue weighted by Crippen LogP contribution is 2.30. The summed E-state index contributed by atoms with van der Waals surface area (Å²) in [5.41, 5.74) is 0.933. The minimum absolute atomic E-state index is 0.131. The Kier molecular flexibility index (Phi) is 5.68. The highest BCUT2D eigenvalue weighted by atomic mass is 79.9. The van der Waals surface area contributed by atoms with Crippen LogP contribution in [0, 0.1) is 5.92 Å². The van der Waals surface area contributed by atoms with Crippen molar-refractivity contribution < 1.29 is 8.42 Å². The molecule has 1 saturated carbocycles. The van der Waals surface area contributed by atoms with Gasteiger partial charge in [-0.05, 0) is 59.3 Å². The summed E-state index contributed by atoms with van der Waals surface area (Å²) in [6.45, 7) is 2.26. The van der Waals surface area contributed by atoms with Gasteiger partial charge in [-0.1, -0.05) is 26.2 Å². The molecule has 1 aliphatic rings. The zero-order valence-electron chi connectivity index (χ0n) is 12.3.